The molecule has 0 bridgehead atoms. The van der Waals surface area contributed by atoms with Crippen molar-refractivity contribution in [1.29, 1.82) is 0 Å². The van der Waals surface area contributed by atoms with Crippen LogP contribution in [0.3, 0.4) is 0 Å². The zero-order valence-electron chi connectivity index (χ0n) is 17.3. The molecule has 0 heterocycles. The molecule has 0 saturated heterocycles. The van der Waals surface area contributed by atoms with E-state index in [1.54, 1.807) is 5.57 Å². The zero-order chi connectivity index (χ0) is 19.4. The maximum Gasteiger partial charge on any atom is 0.302 e. The molecule has 0 aromatic rings. The second-order valence-electron chi connectivity index (χ2n) is 9.99. The van der Waals surface area contributed by atoms with Gasteiger partial charge >= 0.3 is 11.9 Å². The predicted molar refractivity (Wildman–Crippen MR) is 103 cm³/mol. The van der Waals surface area contributed by atoms with E-state index in [9.17, 15) is 9.59 Å². The van der Waals surface area contributed by atoms with Crippen molar-refractivity contribution in [3.8, 4) is 0 Å². The highest BCUT2D eigenvalue weighted by molar-refractivity contribution is 5.67. The lowest BCUT2D eigenvalue weighted by Gasteiger charge is -2.55. The molecule has 0 amide bonds. The maximum atomic E-state index is 11.9. The monoisotopic (exact) mass is 374 g/mol. The molecule has 0 unspecified atom stereocenters. The van der Waals surface area contributed by atoms with Crippen molar-refractivity contribution in [2.24, 2.45) is 22.7 Å². The second kappa shape index (κ2) is 6.63. The Hall–Kier alpha value is -1.32. The Morgan fingerprint density at radius 1 is 1.00 bits per heavy atom. The Morgan fingerprint density at radius 3 is 2.44 bits per heavy atom. The molecule has 0 aliphatic heterocycles. The summed E-state index contributed by atoms with van der Waals surface area (Å²) in [6.07, 6.45) is 9.94. The predicted octanol–water partition coefficient (Wildman–Crippen LogP) is 4.96. The minimum Gasteiger partial charge on any atom is -0.463 e. The van der Waals surface area contributed by atoms with Gasteiger partial charge in [0, 0.05) is 19.3 Å². The Balaban J connectivity index is 1.71. The van der Waals surface area contributed by atoms with Crippen molar-refractivity contribution in [3.05, 3.63) is 11.1 Å². The van der Waals surface area contributed by atoms with Crippen LogP contribution in [-0.2, 0) is 19.1 Å². The van der Waals surface area contributed by atoms with Crippen LogP contribution in [0.25, 0.3) is 0 Å². The highest BCUT2D eigenvalue weighted by atomic mass is 16.5. The first-order valence-corrected chi connectivity index (χ1v) is 10.8. The van der Waals surface area contributed by atoms with Gasteiger partial charge in [0.15, 0.2) is 0 Å². The number of hydrogen-bond donors (Lipinski definition) is 0. The van der Waals surface area contributed by atoms with Gasteiger partial charge in [0.1, 0.15) is 12.2 Å². The summed E-state index contributed by atoms with van der Waals surface area (Å²) < 4.78 is 11.5. The van der Waals surface area contributed by atoms with Crippen LogP contribution in [-0.4, -0.2) is 24.1 Å². The van der Waals surface area contributed by atoms with Crippen LogP contribution in [0, 0.1) is 22.7 Å². The minimum atomic E-state index is -0.211. The summed E-state index contributed by atoms with van der Waals surface area (Å²) in [5, 5.41) is 0. The van der Waals surface area contributed by atoms with Gasteiger partial charge in [-0.2, -0.15) is 0 Å². The third-order valence-electron chi connectivity index (χ3n) is 8.32. The number of esters is 2. The molecule has 150 valence electrons. The molecule has 27 heavy (non-hydrogen) atoms. The molecule has 4 aliphatic rings. The molecule has 0 aromatic heterocycles. The fourth-order valence-corrected chi connectivity index (χ4v) is 7.13. The van der Waals surface area contributed by atoms with E-state index in [-0.39, 0.29) is 29.6 Å². The number of carbonyl (C=O) groups excluding carboxylic acids is 2. The van der Waals surface area contributed by atoms with E-state index in [0.29, 0.717) is 11.3 Å². The van der Waals surface area contributed by atoms with E-state index < -0.39 is 0 Å². The summed E-state index contributed by atoms with van der Waals surface area (Å²) in [6, 6.07) is 0. The molecule has 4 aliphatic carbocycles. The Labute approximate surface area is 163 Å². The van der Waals surface area contributed by atoms with Crippen LogP contribution in [0.1, 0.15) is 85.5 Å². The van der Waals surface area contributed by atoms with Crippen LogP contribution in [0.2, 0.25) is 0 Å². The van der Waals surface area contributed by atoms with Gasteiger partial charge < -0.3 is 9.47 Å². The molecular weight excluding hydrogens is 340 g/mol. The number of fused-ring (bicyclic) bond motifs is 4. The average molecular weight is 375 g/mol. The largest absolute Gasteiger partial charge is 0.463 e. The first-order valence-electron chi connectivity index (χ1n) is 10.8. The molecule has 0 spiro atoms. The highest BCUT2D eigenvalue weighted by Crippen LogP contribution is 2.63. The number of carbonyl (C=O) groups is 2. The van der Waals surface area contributed by atoms with Crippen molar-refractivity contribution < 1.29 is 19.1 Å². The summed E-state index contributed by atoms with van der Waals surface area (Å²) in [4.78, 5) is 23.4. The van der Waals surface area contributed by atoms with Crippen LogP contribution in [0.5, 0.6) is 0 Å². The van der Waals surface area contributed by atoms with Crippen molar-refractivity contribution in [2.45, 2.75) is 97.7 Å². The van der Waals surface area contributed by atoms with E-state index in [4.69, 9.17) is 9.47 Å². The molecule has 0 radical (unpaired) electrons. The summed E-state index contributed by atoms with van der Waals surface area (Å²) in [7, 11) is 0. The van der Waals surface area contributed by atoms with Gasteiger partial charge in [-0.05, 0) is 68.6 Å². The average Bonchev–Trinajstić information content (AvgIpc) is 2.96. The first-order chi connectivity index (χ1) is 12.7. The molecule has 4 heteroatoms. The van der Waals surface area contributed by atoms with Gasteiger partial charge in [-0.3, -0.25) is 9.59 Å². The van der Waals surface area contributed by atoms with Gasteiger partial charge in [-0.15, -0.1) is 0 Å². The molecule has 3 fully saturated rings. The number of hydrogen-bond acceptors (Lipinski definition) is 4. The van der Waals surface area contributed by atoms with Crippen molar-refractivity contribution in [3.63, 3.8) is 0 Å². The summed E-state index contributed by atoms with van der Waals surface area (Å²) in [6.45, 7) is 7.74. The Bertz CT molecular complexity index is 680. The fourth-order valence-electron chi connectivity index (χ4n) is 7.13. The van der Waals surface area contributed by atoms with E-state index in [2.05, 4.69) is 13.8 Å². The van der Waals surface area contributed by atoms with Crippen molar-refractivity contribution in [2.75, 3.05) is 0 Å². The van der Waals surface area contributed by atoms with E-state index in [0.717, 1.165) is 31.6 Å². The van der Waals surface area contributed by atoms with E-state index >= 15 is 0 Å². The molecule has 0 N–H and O–H groups in total. The summed E-state index contributed by atoms with van der Waals surface area (Å²) in [5.74, 6) is 0.909. The number of rotatable bonds is 2. The fraction of sp³-hybridized carbons (Fsp3) is 0.826. The van der Waals surface area contributed by atoms with Gasteiger partial charge in [0.05, 0.1) is 0 Å². The topological polar surface area (TPSA) is 52.6 Å². The highest BCUT2D eigenvalue weighted by Gasteiger charge is 2.56. The van der Waals surface area contributed by atoms with Gasteiger partial charge in [-0.25, -0.2) is 0 Å². The summed E-state index contributed by atoms with van der Waals surface area (Å²) >= 11 is 0. The molecule has 3 saturated carbocycles. The molecular formula is C23H34O4. The van der Waals surface area contributed by atoms with E-state index in [1.807, 2.05) is 0 Å². The smallest absolute Gasteiger partial charge is 0.302 e. The lowest BCUT2D eigenvalue weighted by atomic mass is 9.52. The Morgan fingerprint density at radius 2 is 1.74 bits per heavy atom. The maximum absolute atomic E-state index is 11.9. The molecule has 4 rings (SSSR count). The summed E-state index contributed by atoms with van der Waals surface area (Å²) in [5.41, 5.74) is 3.48. The zero-order valence-corrected chi connectivity index (χ0v) is 17.3. The van der Waals surface area contributed by atoms with Crippen LogP contribution >= 0.6 is 0 Å². The van der Waals surface area contributed by atoms with Crippen molar-refractivity contribution in [1.82, 2.24) is 0 Å². The molecule has 6 atom stereocenters. The normalized spacial score (nSPS) is 43.4. The lowest BCUT2D eigenvalue weighted by molar-refractivity contribution is -0.162. The number of allylic oxidation sites excluding steroid dienone is 1. The molecule has 4 nitrogen and oxygen atoms in total. The van der Waals surface area contributed by atoms with Crippen LogP contribution < -0.4 is 0 Å². The van der Waals surface area contributed by atoms with Gasteiger partial charge in [-0.1, -0.05) is 31.4 Å². The van der Waals surface area contributed by atoms with Crippen LogP contribution in [0.15, 0.2) is 11.1 Å². The third-order valence-corrected chi connectivity index (χ3v) is 8.32. The quantitative estimate of drug-likeness (QED) is 0.506. The standard InChI is InChI=1S/C23H34O4/c1-14(24)26-16-7-8-20-17-9-11-22(3)10-5-6-19(22)18(17)12-21(27-15(2)25)23(20,4)13-16/h16,18-19,21H,5-13H2,1-4H3/t16-,18-,19-,21+,22+,23-/m1/s1. The van der Waals surface area contributed by atoms with Crippen LogP contribution in [0.4, 0.5) is 0 Å². The van der Waals surface area contributed by atoms with Gasteiger partial charge in [0.25, 0.3) is 0 Å². The first kappa shape index (κ1) is 19.0. The minimum absolute atomic E-state index is 0.0632. The lowest BCUT2D eigenvalue weighted by Crippen LogP contribution is -2.51. The second-order valence-corrected chi connectivity index (χ2v) is 9.99. The SMILES string of the molecule is CC(=O)O[C@@H]1CCC2=C3CC[C@]4(C)CCC[C@@H]4[C@@H]3C[C@H](OC(C)=O)[C@]2(C)C1. The van der Waals surface area contributed by atoms with Crippen molar-refractivity contribution >= 4 is 11.9 Å². The Kier molecular flexibility index (Phi) is 4.67. The molecule has 0 aromatic carbocycles. The third kappa shape index (κ3) is 3.13. The van der Waals surface area contributed by atoms with E-state index in [1.165, 1.54) is 51.5 Å². The van der Waals surface area contributed by atoms with Gasteiger partial charge in [0.2, 0.25) is 0 Å². The number of ether oxygens (including phenoxy) is 2.